The third-order valence-corrected chi connectivity index (χ3v) is 7.64. The summed E-state index contributed by atoms with van der Waals surface area (Å²) in [4.78, 5) is 12.9. The van der Waals surface area contributed by atoms with Crippen molar-refractivity contribution in [3.8, 4) is 0 Å². The zero-order valence-electron chi connectivity index (χ0n) is 17.4. The minimum absolute atomic E-state index is 0.214. The second kappa shape index (κ2) is 9.20. The lowest BCUT2D eigenvalue weighted by Gasteiger charge is -2.18. The van der Waals surface area contributed by atoms with Gasteiger partial charge in [0.25, 0.3) is 5.91 Å². The second-order valence-electron chi connectivity index (χ2n) is 7.00. The summed E-state index contributed by atoms with van der Waals surface area (Å²) in [6, 6.07) is 14.2. The van der Waals surface area contributed by atoms with Crippen LogP contribution in [0.25, 0.3) is 10.9 Å². The van der Waals surface area contributed by atoms with Gasteiger partial charge < -0.3 is 9.88 Å². The molecule has 0 aliphatic heterocycles. The Bertz CT molecular complexity index is 1170. The Hall–Kier alpha value is -2.35. The van der Waals surface area contributed by atoms with Crippen LogP contribution in [0, 0.1) is 0 Å². The topological polar surface area (TPSA) is 71.4 Å². The van der Waals surface area contributed by atoms with E-state index in [4.69, 9.17) is 11.6 Å². The van der Waals surface area contributed by atoms with Crippen LogP contribution in [0.5, 0.6) is 0 Å². The molecule has 0 unspecified atom stereocenters. The third-order valence-electron chi connectivity index (χ3n) is 5.23. The van der Waals surface area contributed by atoms with Gasteiger partial charge in [-0.3, -0.25) is 4.79 Å². The lowest BCUT2D eigenvalue weighted by Crippen LogP contribution is -2.30. The summed E-state index contributed by atoms with van der Waals surface area (Å²) in [5.41, 5.74) is 2.24. The molecule has 6 nitrogen and oxygen atoms in total. The molecule has 8 heteroatoms. The maximum Gasteiger partial charge on any atom is 0.267 e. The smallest absolute Gasteiger partial charge is 0.267 e. The molecule has 1 amide bonds. The van der Waals surface area contributed by atoms with Gasteiger partial charge in [0.1, 0.15) is 5.69 Å². The van der Waals surface area contributed by atoms with E-state index in [1.165, 1.54) is 4.31 Å². The molecule has 3 rings (SSSR count). The van der Waals surface area contributed by atoms with Gasteiger partial charge in [0, 0.05) is 42.6 Å². The molecule has 1 aromatic heterocycles. The van der Waals surface area contributed by atoms with E-state index in [2.05, 4.69) is 5.32 Å². The van der Waals surface area contributed by atoms with Crippen molar-refractivity contribution in [1.29, 1.82) is 0 Å². The van der Waals surface area contributed by atoms with E-state index in [1.807, 2.05) is 38.1 Å². The molecule has 1 heterocycles. The number of amides is 1. The highest BCUT2D eigenvalue weighted by atomic mass is 35.5. The van der Waals surface area contributed by atoms with Crippen LogP contribution in [0.4, 0.5) is 0 Å². The number of aryl methyl sites for hydroxylation is 1. The average Bonchev–Trinajstić information content (AvgIpc) is 3.06. The summed E-state index contributed by atoms with van der Waals surface area (Å²) in [7, 11) is -1.76. The molecule has 160 valence electrons. The van der Waals surface area contributed by atoms with E-state index >= 15 is 0 Å². The van der Waals surface area contributed by atoms with Crippen LogP contribution in [-0.4, -0.2) is 42.8 Å². The number of aromatic nitrogens is 1. The van der Waals surface area contributed by atoms with Crippen molar-refractivity contribution < 1.29 is 13.2 Å². The summed E-state index contributed by atoms with van der Waals surface area (Å²) in [6.45, 7) is 4.89. The molecule has 0 atom stereocenters. The van der Waals surface area contributed by atoms with E-state index < -0.39 is 10.0 Å². The van der Waals surface area contributed by atoms with Gasteiger partial charge in [0.2, 0.25) is 10.0 Å². The number of nitrogens with zero attached hydrogens (tertiary/aromatic N) is 2. The lowest BCUT2D eigenvalue weighted by molar-refractivity contribution is 0.0946. The molecule has 0 fully saturated rings. The highest BCUT2D eigenvalue weighted by Gasteiger charge is 2.23. The third kappa shape index (κ3) is 4.38. The highest BCUT2D eigenvalue weighted by molar-refractivity contribution is 7.89. The van der Waals surface area contributed by atoms with Crippen LogP contribution < -0.4 is 5.32 Å². The highest BCUT2D eigenvalue weighted by Crippen LogP contribution is 2.24. The van der Waals surface area contributed by atoms with Crippen LogP contribution in [0.15, 0.2) is 53.4 Å². The lowest BCUT2D eigenvalue weighted by atomic mass is 10.1. The van der Waals surface area contributed by atoms with Gasteiger partial charge in [0.05, 0.1) is 4.90 Å². The quantitative estimate of drug-likeness (QED) is 0.570. The van der Waals surface area contributed by atoms with Gasteiger partial charge in [-0.25, -0.2) is 8.42 Å². The van der Waals surface area contributed by atoms with Crippen molar-refractivity contribution in [2.24, 2.45) is 7.05 Å². The molecule has 0 bridgehead atoms. The van der Waals surface area contributed by atoms with Gasteiger partial charge in [-0.05, 0) is 42.3 Å². The predicted octanol–water partition coefficient (Wildman–Crippen LogP) is 3.83. The molecule has 0 spiro atoms. The molecule has 0 aliphatic rings. The molecule has 0 saturated carbocycles. The molecule has 2 aromatic carbocycles. The number of rotatable bonds is 8. The number of fused-ring (bicyclic) bond motifs is 1. The molecular weight excluding hydrogens is 422 g/mol. The largest absolute Gasteiger partial charge is 0.350 e. The van der Waals surface area contributed by atoms with Crippen LogP contribution in [-0.2, 0) is 23.5 Å². The first-order valence-electron chi connectivity index (χ1n) is 9.90. The Kier molecular flexibility index (Phi) is 6.85. The number of halogens is 1. The number of hydrogen-bond acceptors (Lipinski definition) is 3. The summed E-state index contributed by atoms with van der Waals surface area (Å²) in [5.74, 6) is -0.214. The second-order valence-corrected chi connectivity index (χ2v) is 9.34. The van der Waals surface area contributed by atoms with E-state index in [9.17, 15) is 13.2 Å². The summed E-state index contributed by atoms with van der Waals surface area (Å²) in [6.07, 6.45) is 0.627. The Morgan fingerprint density at radius 1 is 1.10 bits per heavy atom. The van der Waals surface area contributed by atoms with Crippen molar-refractivity contribution in [3.63, 3.8) is 0 Å². The van der Waals surface area contributed by atoms with Crippen molar-refractivity contribution in [2.75, 3.05) is 19.6 Å². The van der Waals surface area contributed by atoms with E-state index in [1.54, 1.807) is 35.9 Å². The predicted molar refractivity (Wildman–Crippen MR) is 121 cm³/mol. The van der Waals surface area contributed by atoms with Crippen molar-refractivity contribution >= 4 is 38.4 Å². The Morgan fingerprint density at radius 2 is 1.80 bits per heavy atom. The Labute approximate surface area is 182 Å². The molecule has 30 heavy (non-hydrogen) atoms. The summed E-state index contributed by atoms with van der Waals surface area (Å²) in [5, 5.41) is 4.30. The zero-order chi connectivity index (χ0) is 21.9. The Balaban J connectivity index is 1.81. The van der Waals surface area contributed by atoms with Gasteiger partial charge in [-0.1, -0.05) is 43.6 Å². The monoisotopic (exact) mass is 447 g/mol. The van der Waals surface area contributed by atoms with Crippen molar-refractivity contribution in [2.45, 2.75) is 25.2 Å². The first-order chi connectivity index (χ1) is 14.3. The number of carbonyl (C=O) groups is 1. The van der Waals surface area contributed by atoms with Crippen LogP contribution in [0.1, 0.15) is 29.9 Å². The first-order valence-corrected chi connectivity index (χ1v) is 11.7. The molecular formula is C22H26ClN3O3S. The number of carbonyl (C=O) groups excluding carboxylic acids is 1. The van der Waals surface area contributed by atoms with Gasteiger partial charge in [-0.15, -0.1) is 0 Å². The molecule has 0 aliphatic carbocycles. The number of hydrogen-bond donors (Lipinski definition) is 1. The zero-order valence-corrected chi connectivity index (χ0v) is 18.9. The normalized spacial score (nSPS) is 11.9. The van der Waals surface area contributed by atoms with Crippen LogP contribution in [0.3, 0.4) is 0 Å². The molecule has 0 saturated heterocycles. The van der Waals surface area contributed by atoms with Crippen molar-refractivity contribution in [1.82, 2.24) is 14.2 Å². The van der Waals surface area contributed by atoms with E-state index in [-0.39, 0.29) is 10.8 Å². The average molecular weight is 448 g/mol. The van der Waals surface area contributed by atoms with Crippen molar-refractivity contribution in [3.05, 3.63) is 64.8 Å². The number of nitrogens with one attached hydrogen (secondary N) is 1. The Morgan fingerprint density at radius 3 is 2.47 bits per heavy atom. The fourth-order valence-electron chi connectivity index (χ4n) is 3.52. The maximum absolute atomic E-state index is 12.8. The van der Waals surface area contributed by atoms with E-state index in [0.29, 0.717) is 42.2 Å². The molecule has 3 aromatic rings. The van der Waals surface area contributed by atoms with Gasteiger partial charge in [-0.2, -0.15) is 4.31 Å². The van der Waals surface area contributed by atoms with Gasteiger partial charge >= 0.3 is 0 Å². The minimum atomic E-state index is -3.55. The summed E-state index contributed by atoms with van der Waals surface area (Å²) >= 11 is 6.16. The number of benzene rings is 2. The minimum Gasteiger partial charge on any atom is -0.350 e. The fourth-order valence-corrected chi connectivity index (χ4v) is 5.24. The summed E-state index contributed by atoms with van der Waals surface area (Å²) < 4.78 is 28.8. The first kappa shape index (κ1) is 22.3. The number of sulfonamides is 1. The van der Waals surface area contributed by atoms with Crippen LogP contribution in [0.2, 0.25) is 5.02 Å². The molecule has 1 N–H and O–H groups in total. The standard InChI is InChI=1S/C22H26ClN3O3S/c1-4-26(5-2)30(28,29)18-10-11-20-17(14-18)15-21(25(20)3)22(27)24-13-12-16-8-6-7-9-19(16)23/h6-11,14-15H,4-5,12-13H2,1-3H3,(H,24,27). The molecule has 0 radical (unpaired) electrons. The maximum atomic E-state index is 12.8. The fraction of sp³-hybridized carbons (Fsp3) is 0.318. The van der Waals surface area contributed by atoms with Gasteiger partial charge in [0.15, 0.2) is 0 Å². The SMILES string of the molecule is CCN(CC)S(=O)(=O)c1ccc2c(c1)cc(C(=O)NCCc1ccccc1Cl)n2C. The van der Waals surface area contributed by atoms with Crippen LogP contribution >= 0.6 is 11.6 Å². The van der Waals surface area contributed by atoms with E-state index in [0.717, 1.165) is 11.1 Å².